The second-order valence-corrected chi connectivity index (χ2v) is 6.66. The van der Waals surface area contributed by atoms with Crippen LogP contribution < -0.4 is 5.73 Å². The second kappa shape index (κ2) is 6.38. The smallest absolute Gasteiger partial charge is 0.0332 e. The Hall–Kier alpha value is -0.380. The van der Waals surface area contributed by atoms with Crippen LogP contribution in [-0.2, 0) is 6.42 Å². The quantitative estimate of drug-likeness (QED) is 0.896. The van der Waals surface area contributed by atoms with Gasteiger partial charge in [-0.15, -0.1) is 0 Å². The van der Waals surface area contributed by atoms with Crippen molar-refractivity contribution in [1.82, 2.24) is 4.90 Å². The van der Waals surface area contributed by atoms with E-state index in [1.165, 1.54) is 36.0 Å². The third-order valence-corrected chi connectivity index (χ3v) is 5.51. The van der Waals surface area contributed by atoms with E-state index in [1.54, 1.807) is 0 Å². The summed E-state index contributed by atoms with van der Waals surface area (Å²) >= 11 is 3.63. The van der Waals surface area contributed by atoms with Gasteiger partial charge in [-0.3, -0.25) is 4.90 Å². The fourth-order valence-electron chi connectivity index (χ4n) is 3.07. The first kappa shape index (κ1) is 15.0. The van der Waals surface area contributed by atoms with Crippen molar-refractivity contribution in [2.75, 3.05) is 13.1 Å². The van der Waals surface area contributed by atoms with E-state index in [-0.39, 0.29) is 11.6 Å². The summed E-state index contributed by atoms with van der Waals surface area (Å²) in [6, 6.07) is 8.59. The second-order valence-electron chi connectivity index (χ2n) is 5.81. The number of hydrogen-bond donors (Lipinski definition) is 1. The highest BCUT2D eigenvalue weighted by molar-refractivity contribution is 9.10. The number of likely N-dealkylation sites (tertiary alicyclic amines) is 1. The van der Waals surface area contributed by atoms with Crippen LogP contribution in [-0.4, -0.2) is 29.6 Å². The van der Waals surface area contributed by atoms with E-state index in [0.29, 0.717) is 0 Å². The Morgan fingerprint density at radius 2 is 1.95 bits per heavy atom. The molecule has 106 valence electrons. The molecule has 2 N–H and O–H groups in total. The van der Waals surface area contributed by atoms with Crippen molar-refractivity contribution in [3.8, 4) is 0 Å². The summed E-state index contributed by atoms with van der Waals surface area (Å²) in [5.41, 5.74) is 8.01. The van der Waals surface area contributed by atoms with E-state index in [4.69, 9.17) is 5.73 Å². The maximum absolute atomic E-state index is 6.58. The molecule has 0 radical (unpaired) electrons. The molecule has 1 saturated heterocycles. The fourth-order valence-corrected chi connectivity index (χ4v) is 3.52. The summed E-state index contributed by atoms with van der Waals surface area (Å²) in [5.74, 6) is 0. The Kier molecular flexibility index (Phi) is 5.04. The molecule has 0 aromatic heterocycles. The van der Waals surface area contributed by atoms with Gasteiger partial charge in [-0.05, 0) is 57.3 Å². The predicted octanol–water partition coefficient (Wildman–Crippen LogP) is 3.58. The maximum atomic E-state index is 6.58. The van der Waals surface area contributed by atoms with Crippen LogP contribution in [0.15, 0.2) is 28.7 Å². The largest absolute Gasteiger partial charge is 0.326 e. The summed E-state index contributed by atoms with van der Waals surface area (Å²) in [5, 5.41) is 0. The molecule has 1 heterocycles. The van der Waals surface area contributed by atoms with Crippen molar-refractivity contribution in [1.29, 1.82) is 0 Å². The maximum Gasteiger partial charge on any atom is 0.0332 e. The first-order valence-corrected chi connectivity index (χ1v) is 8.11. The molecular formula is C16H25BrN2. The lowest BCUT2D eigenvalue weighted by atomic mass is 9.84. The molecule has 0 bridgehead atoms. The highest BCUT2D eigenvalue weighted by Crippen LogP contribution is 2.29. The van der Waals surface area contributed by atoms with Gasteiger partial charge < -0.3 is 5.73 Å². The van der Waals surface area contributed by atoms with Crippen molar-refractivity contribution in [3.63, 3.8) is 0 Å². The molecule has 0 amide bonds. The van der Waals surface area contributed by atoms with Gasteiger partial charge in [0.2, 0.25) is 0 Å². The number of nitrogens with two attached hydrogens (primary N) is 1. The van der Waals surface area contributed by atoms with Crippen LogP contribution in [0.1, 0.15) is 38.7 Å². The van der Waals surface area contributed by atoms with Crippen molar-refractivity contribution in [3.05, 3.63) is 34.3 Å². The Morgan fingerprint density at radius 3 is 2.53 bits per heavy atom. The minimum absolute atomic E-state index is 0.117. The van der Waals surface area contributed by atoms with Crippen LogP contribution >= 0.6 is 15.9 Å². The Balaban J connectivity index is 2.12. The number of rotatable bonds is 5. The molecule has 2 unspecified atom stereocenters. The Labute approximate surface area is 125 Å². The number of benzene rings is 1. The zero-order valence-corrected chi connectivity index (χ0v) is 13.6. The molecule has 3 heteroatoms. The molecule has 1 fully saturated rings. The van der Waals surface area contributed by atoms with Gasteiger partial charge in [-0.2, -0.15) is 0 Å². The van der Waals surface area contributed by atoms with E-state index in [9.17, 15) is 0 Å². The average molecular weight is 325 g/mol. The molecule has 1 aliphatic rings. The lowest BCUT2D eigenvalue weighted by molar-refractivity contribution is 0.0998. The monoisotopic (exact) mass is 324 g/mol. The van der Waals surface area contributed by atoms with Crippen molar-refractivity contribution in [2.24, 2.45) is 5.73 Å². The van der Waals surface area contributed by atoms with Gasteiger partial charge in [-0.1, -0.05) is 41.1 Å². The molecule has 0 spiro atoms. The van der Waals surface area contributed by atoms with E-state index in [2.05, 4.69) is 58.9 Å². The molecule has 2 atom stereocenters. The van der Waals surface area contributed by atoms with Crippen LogP contribution in [0, 0.1) is 0 Å². The predicted molar refractivity (Wildman–Crippen MR) is 85.3 cm³/mol. The third kappa shape index (κ3) is 3.21. The van der Waals surface area contributed by atoms with Gasteiger partial charge in [0.25, 0.3) is 0 Å². The van der Waals surface area contributed by atoms with Crippen LogP contribution in [0.25, 0.3) is 0 Å². The summed E-state index contributed by atoms with van der Waals surface area (Å²) < 4.78 is 1.17. The first-order chi connectivity index (χ1) is 9.08. The number of halogens is 1. The molecule has 1 aromatic carbocycles. The fraction of sp³-hybridized carbons (Fsp3) is 0.625. The SMILES string of the molecule is CCC(C)(C(N)Cc1ccccc1Br)N1CCCC1. The van der Waals surface area contributed by atoms with Crippen LogP contribution in [0.2, 0.25) is 0 Å². The Bertz CT molecular complexity index is 415. The van der Waals surface area contributed by atoms with Gasteiger partial charge in [-0.25, -0.2) is 0 Å². The minimum Gasteiger partial charge on any atom is -0.326 e. The van der Waals surface area contributed by atoms with Gasteiger partial charge in [0.1, 0.15) is 0 Å². The molecule has 2 nitrogen and oxygen atoms in total. The Morgan fingerprint density at radius 1 is 1.32 bits per heavy atom. The zero-order valence-electron chi connectivity index (χ0n) is 12.0. The molecule has 19 heavy (non-hydrogen) atoms. The molecule has 0 aliphatic carbocycles. The van der Waals surface area contributed by atoms with E-state index >= 15 is 0 Å². The number of nitrogens with zero attached hydrogens (tertiary/aromatic N) is 1. The molecule has 1 aromatic rings. The molecule has 1 aliphatic heterocycles. The highest BCUT2D eigenvalue weighted by atomic mass is 79.9. The standard InChI is InChI=1S/C16H25BrN2/c1-3-16(2,19-10-6-7-11-19)15(18)12-13-8-4-5-9-14(13)17/h4-5,8-9,15H,3,6-7,10-12,18H2,1-2H3. The van der Waals surface area contributed by atoms with Crippen molar-refractivity contribution < 1.29 is 0 Å². The molecular weight excluding hydrogens is 300 g/mol. The van der Waals surface area contributed by atoms with Crippen LogP contribution in [0.4, 0.5) is 0 Å². The zero-order chi connectivity index (χ0) is 13.9. The number of hydrogen-bond acceptors (Lipinski definition) is 2. The van der Waals surface area contributed by atoms with E-state index < -0.39 is 0 Å². The van der Waals surface area contributed by atoms with Crippen LogP contribution in [0.5, 0.6) is 0 Å². The van der Waals surface area contributed by atoms with E-state index in [1.807, 2.05) is 0 Å². The topological polar surface area (TPSA) is 29.3 Å². The minimum atomic E-state index is 0.117. The van der Waals surface area contributed by atoms with Gasteiger partial charge >= 0.3 is 0 Å². The molecule has 0 saturated carbocycles. The van der Waals surface area contributed by atoms with Gasteiger partial charge in [0, 0.05) is 16.1 Å². The first-order valence-electron chi connectivity index (χ1n) is 7.32. The lowest BCUT2D eigenvalue weighted by Gasteiger charge is -2.43. The summed E-state index contributed by atoms with van der Waals surface area (Å²) in [6.45, 7) is 7.00. The van der Waals surface area contributed by atoms with Crippen molar-refractivity contribution in [2.45, 2.75) is 51.1 Å². The summed E-state index contributed by atoms with van der Waals surface area (Å²) in [4.78, 5) is 2.59. The molecule has 2 rings (SSSR count). The van der Waals surface area contributed by atoms with Gasteiger partial charge in [0.05, 0.1) is 0 Å². The summed E-state index contributed by atoms with van der Waals surface area (Å²) in [7, 11) is 0. The normalized spacial score (nSPS) is 21.3. The highest BCUT2D eigenvalue weighted by Gasteiger charge is 2.37. The van der Waals surface area contributed by atoms with Crippen molar-refractivity contribution >= 4 is 15.9 Å². The van der Waals surface area contributed by atoms with Gasteiger partial charge in [0.15, 0.2) is 0 Å². The summed E-state index contributed by atoms with van der Waals surface area (Å²) in [6.07, 6.45) is 4.68. The average Bonchev–Trinajstić information content (AvgIpc) is 2.95. The third-order valence-electron chi connectivity index (χ3n) is 4.74. The van der Waals surface area contributed by atoms with E-state index in [0.717, 1.165) is 12.8 Å². The van der Waals surface area contributed by atoms with Crippen LogP contribution in [0.3, 0.4) is 0 Å². The lowest BCUT2D eigenvalue weighted by Crippen LogP contribution is -2.57.